The predicted molar refractivity (Wildman–Crippen MR) is 66.1 cm³/mol. The first kappa shape index (κ1) is 12.3. The van der Waals surface area contributed by atoms with E-state index in [1.807, 2.05) is 0 Å². The van der Waals surface area contributed by atoms with Crippen LogP contribution in [0.15, 0.2) is 41.6 Å². The Balaban J connectivity index is 2.27. The molecule has 0 aliphatic heterocycles. The Labute approximate surface area is 104 Å². The van der Waals surface area contributed by atoms with E-state index in [0.717, 1.165) is 6.26 Å². The highest BCUT2D eigenvalue weighted by Crippen LogP contribution is 2.22. The van der Waals surface area contributed by atoms with Gasteiger partial charge in [0.1, 0.15) is 11.6 Å². The fraction of sp³-hybridized carbons (Fsp3) is 0.0909. The number of sulfone groups is 1. The second kappa shape index (κ2) is 4.61. The summed E-state index contributed by atoms with van der Waals surface area (Å²) in [6.07, 6.45) is 3.85. The number of rotatable bonds is 3. The summed E-state index contributed by atoms with van der Waals surface area (Å²) >= 11 is 0. The number of ether oxygens (including phenoxy) is 1. The van der Waals surface area contributed by atoms with Crippen LogP contribution in [0.2, 0.25) is 0 Å². The van der Waals surface area contributed by atoms with E-state index >= 15 is 0 Å². The number of nitrogens with zero attached hydrogens (tertiary/aromatic N) is 2. The average molecular weight is 265 g/mol. The zero-order valence-corrected chi connectivity index (χ0v) is 10.4. The van der Waals surface area contributed by atoms with Gasteiger partial charge in [0.25, 0.3) is 0 Å². The van der Waals surface area contributed by atoms with E-state index in [2.05, 4.69) is 9.97 Å². The molecule has 2 rings (SSSR count). The molecule has 2 aromatic rings. The van der Waals surface area contributed by atoms with Crippen molar-refractivity contribution >= 4 is 15.7 Å². The minimum atomic E-state index is -3.26. The maximum atomic E-state index is 11.4. The molecule has 0 bridgehead atoms. The van der Waals surface area contributed by atoms with Gasteiger partial charge in [-0.25, -0.2) is 18.4 Å². The van der Waals surface area contributed by atoms with Gasteiger partial charge in [0, 0.05) is 6.26 Å². The molecule has 1 aromatic heterocycles. The van der Waals surface area contributed by atoms with Crippen LogP contribution < -0.4 is 10.5 Å². The molecule has 0 unspecified atom stereocenters. The van der Waals surface area contributed by atoms with Gasteiger partial charge in [-0.1, -0.05) is 6.07 Å². The van der Waals surface area contributed by atoms with Crippen LogP contribution in [-0.2, 0) is 9.84 Å². The maximum absolute atomic E-state index is 11.4. The van der Waals surface area contributed by atoms with Gasteiger partial charge in [0.15, 0.2) is 9.84 Å². The number of anilines is 1. The molecule has 0 saturated heterocycles. The Hall–Kier alpha value is -2.15. The topological polar surface area (TPSA) is 95.2 Å². The molecule has 18 heavy (non-hydrogen) atoms. The minimum Gasteiger partial charge on any atom is -0.437 e. The molecule has 0 amide bonds. The lowest BCUT2D eigenvalue weighted by Crippen LogP contribution is -1.98. The van der Waals surface area contributed by atoms with Crippen molar-refractivity contribution in [1.29, 1.82) is 0 Å². The molecule has 0 saturated carbocycles. The number of hydrogen-bond donors (Lipinski definition) is 1. The second-order valence-electron chi connectivity index (χ2n) is 3.63. The third-order valence-electron chi connectivity index (χ3n) is 2.10. The van der Waals surface area contributed by atoms with Crippen molar-refractivity contribution in [2.75, 3.05) is 12.0 Å². The summed E-state index contributed by atoms with van der Waals surface area (Å²) < 4.78 is 28.1. The Kier molecular flexibility index (Phi) is 3.15. The fourth-order valence-electron chi connectivity index (χ4n) is 1.27. The highest BCUT2D eigenvalue weighted by Gasteiger charge is 2.08. The van der Waals surface area contributed by atoms with E-state index < -0.39 is 9.84 Å². The molecule has 1 heterocycles. The largest absolute Gasteiger partial charge is 0.437 e. The third-order valence-corrected chi connectivity index (χ3v) is 3.21. The van der Waals surface area contributed by atoms with E-state index in [1.54, 1.807) is 12.1 Å². The summed E-state index contributed by atoms with van der Waals surface area (Å²) in [6.45, 7) is 0. The second-order valence-corrected chi connectivity index (χ2v) is 5.64. The van der Waals surface area contributed by atoms with Crippen molar-refractivity contribution in [2.24, 2.45) is 0 Å². The highest BCUT2D eigenvalue weighted by atomic mass is 32.2. The van der Waals surface area contributed by atoms with Gasteiger partial charge >= 0.3 is 0 Å². The lowest BCUT2D eigenvalue weighted by atomic mass is 10.3. The standard InChI is InChI=1S/C11H11N3O3S/c1-18(15,16)9-4-2-3-8(5-9)17-11-7-13-10(12)6-14-11/h2-7H,1H3,(H2,12,13). The highest BCUT2D eigenvalue weighted by molar-refractivity contribution is 7.90. The summed E-state index contributed by atoms with van der Waals surface area (Å²) in [5.41, 5.74) is 5.39. The van der Waals surface area contributed by atoms with Crippen LogP contribution in [0.1, 0.15) is 0 Å². The number of hydrogen-bond acceptors (Lipinski definition) is 6. The summed E-state index contributed by atoms with van der Waals surface area (Å²) in [4.78, 5) is 7.91. The first-order valence-electron chi connectivity index (χ1n) is 5.00. The molecule has 1 aromatic carbocycles. The first-order chi connectivity index (χ1) is 8.45. The Morgan fingerprint density at radius 2 is 2.00 bits per heavy atom. The van der Waals surface area contributed by atoms with E-state index in [-0.39, 0.29) is 16.6 Å². The number of aromatic nitrogens is 2. The van der Waals surface area contributed by atoms with Gasteiger partial charge in [0.05, 0.1) is 17.3 Å². The van der Waals surface area contributed by atoms with E-state index in [4.69, 9.17) is 10.5 Å². The Bertz CT molecular complexity index is 653. The zero-order chi connectivity index (χ0) is 13.2. The van der Waals surface area contributed by atoms with Crippen molar-refractivity contribution in [3.63, 3.8) is 0 Å². The molecular weight excluding hydrogens is 254 g/mol. The Morgan fingerprint density at radius 1 is 1.22 bits per heavy atom. The van der Waals surface area contributed by atoms with Crippen molar-refractivity contribution in [3.05, 3.63) is 36.7 Å². The number of nitrogens with two attached hydrogens (primary N) is 1. The van der Waals surface area contributed by atoms with Gasteiger partial charge in [-0.2, -0.15) is 0 Å². The monoisotopic (exact) mass is 265 g/mol. The summed E-state index contributed by atoms with van der Waals surface area (Å²) in [5, 5.41) is 0. The molecular formula is C11H11N3O3S. The van der Waals surface area contributed by atoms with Crippen LogP contribution in [-0.4, -0.2) is 24.6 Å². The molecule has 0 fully saturated rings. The van der Waals surface area contributed by atoms with Gasteiger partial charge < -0.3 is 10.5 Å². The van der Waals surface area contributed by atoms with Crippen molar-refractivity contribution in [3.8, 4) is 11.6 Å². The van der Waals surface area contributed by atoms with Gasteiger partial charge in [-0.05, 0) is 18.2 Å². The zero-order valence-electron chi connectivity index (χ0n) is 9.57. The summed E-state index contributed by atoms with van der Waals surface area (Å²) in [7, 11) is -3.26. The summed E-state index contributed by atoms with van der Waals surface area (Å²) in [5.74, 6) is 0.902. The van der Waals surface area contributed by atoms with Crippen LogP contribution >= 0.6 is 0 Å². The van der Waals surface area contributed by atoms with Crippen LogP contribution in [0.5, 0.6) is 11.6 Å². The normalized spacial score (nSPS) is 11.2. The van der Waals surface area contributed by atoms with Gasteiger partial charge in [-0.3, -0.25) is 0 Å². The predicted octanol–water partition coefficient (Wildman–Crippen LogP) is 1.25. The van der Waals surface area contributed by atoms with E-state index in [9.17, 15) is 8.42 Å². The first-order valence-corrected chi connectivity index (χ1v) is 6.90. The van der Waals surface area contributed by atoms with Crippen molar-refractivity contribution in [1.82, 2.24) is 9.97 Å². The van der Waals surface area contributed by atoms with Crippen LogP contribution in [0, 0.1) is 0 Å². The fourth-order valence-corrected chi connectivity index (χ4v) is 1.92. The molecule has 6 nitrogen and oxygen atoms in total. The molecule has 0 aliphatic carbocycles. The lowest BCUT2D eigenvalue weighted by molar-refractivity contribution is 0.459. The van der Waals surface area contributed by atoms with E-state index in [1.165, 1.54) is 24.5 Å². The van der Waals surface area contributed by atoms with Crippen LogP contribution in [0.25, 0.3) is 0 Å². The molecule has 0 radical (unpaired) electrons. The lowest BCUT2D eigenvalue weighted by Gasteiger charge is -2.05. The third kappa shape index (κ3) is 2.95. The SMILES string of the molecule is CS(=O)(=O)c1cccc(Oc2cnc(N)cn2)c1. The smallest absolute Gasteiger partial charge is 0.237 e. The number of nitrogen functional groups attached to an aromatic ring is 1. The van der Waals surface area contributed by atoms with Gasteiger partial charge in [-0.15, -0.1) is 0 Å². The molecule has 94 valence electrons. The van der Waals surface area contributed by atoms with Crippen LogP contribution in [0.3, 0.4) is 0 Å². The molecule has 0 atom stereocenters. The van der Waals surface area contributed by atoms with Crippen LogP contribution in [0.4, 0.5) is 5.82 Å². The van der Waals surface area contributed by atoms with Crippen molar-refractivity contribution < 1.29 is 13.2 Å². The average Bonchev–Trinajstić information content (AvgIpc) is 2.31. The molecule has 0 aliphatic rings. The van der Waals surface area contributed by atoms with Gasteiger partial charge in [0.2, 0.25) is 5.88 Å². The Morgan fingerprint density at radius 3 is 2.61 bits per heavy atom. The molecule has 7 heteroatoms. The quantitative estimate of drug-likeness (QED) is 0.897. The number of benzene rings is 1. The maximum Gasteiger partial charge on any atom is 0.237 e. The molecule has 0 spiro atoms. The molecule has 2 N–H and O–H groups in total. The van der Waals surface area contributed by atoms with E-state index in [0.29, 0.717) is 5.75 Å². The minimum absolute atomic E-state index is 0.184. The van der Waals surface area contributed by atoms with Crippen molar-refractivity contribution in [2.45, 2.75) is 4.90 Å². The summed E-state index contributed by atoms with van der Waals surface area (Å²) in [6, 6.07) is 6.15.